The molecule has 0 rings (SSSR count). The molecule has 0 heterocycles. The Balaban J connectivity index is 3.64. The van der Waals surface area contributed by atoms with E-state index in [2.05, 4.69) is 83.2 Å². The second-order valence-electron chi connectivity index (χ2n) is 14.5. The molecule has 0 saturated heterocycles. The zero-order chi connectivity index (χ0) is 31.5. The Morgan fingerprint density at radius 1 is 0.349 bits per heavy atom. The molecule has 0 bridgehead atoms. The topological polar surface area (TPSA) is 0 Å². The highest BCUT2D eigenvalue weighted by atomic mass is 14.3. The first-order valence-corrected chi connectivity index (χ1v) is 19.6. The van der Waals surface area contributed by atoms with Gasteiger partial charge in [0.15, 0.2) is 0 Å². The molecular formula is C43H80. The second kappa shape index (κ2) is 33.8. The molecule has 43 heavy (non-hydrogen) atoms. The van der Waals surface area contributed by atoms with Crippen LogP contribution in [0.5, 0.6) is 0 Å². The molecule has 0 unspecified atom stereocenters. The molecule has 0 amide bonds. The summed E-state index contributed by atoms with van der Waals surface area (Å²) in [6, 6.07) is 0. The molecule has 0 fully saturated rings. The molecule has 0 saturated carbocycles. The van der Waals surface area contributed by atoms with Crippen molar-refractivity contribution in [2.24, 2.45) is 11.3 Å². The van der Waals surface area contributed by atoms with E-state index in [1.54, 1.807) is 0 Å². The number of hydrogen-bond acceptors (Lipinski definition) is 0. The van der Waals surface area contributed by atoms with Crippen molar-refractivity contribution < 1.29 is 0 Å². The first-order valence-electron chi connectivity index (χ1n) is 19.6. The van der Waals surface area contributed by atoms with Gasteiger partial charge in [0.1, 0.15) is 0 Å². The van der Waals surface area contributed by atoms with Crippen molar-refractivity contribution in [3.8, 4) is 0 Å². The van der Waals surface area contributed by atoms with Crippen LogP contribution in [0.2, 0.25) is 0 Å². The maximum atomic E-state index is 2.48. The Hall–Kier alpha value is -1.04. The van der Waals surface area contributed by atoms with Crippen molar-refractivity contribution in [3.05, 3.63) is 48.6 Å². The third-order valence-corrected chi connectivity index (χ3v) is 9.23. The van der Waals surface area contributed by atoms with Crippen LogP contribution in [0.1, 0.15) is 214 Å². The predicted molar refractivity (Wildman–Crippen MR) is 200 cm³/mol. The minimum Gasteiger partial charge on any atom is -0.0882 e. The van der Waals surface area contributed by atoms with Crippen molar-refractivity contribution >= 4 is 0 Å². The lowest BCUT2D eigenvalue weighted by atomic mass is 9.75. The van der Waals surface area contributed by atoms with Gasteiger partial charge in [-0.15, -0.1) is 0 Å². The molecule has 0 aliphatic carbocycles. The van der Waals surface area contributed by atoms with E-state index in [9.17, 15) is 0 Å². The summed E-state index contributed by atoms with van der Waals surface area (Å²) >= 11 is 0. The fraction of sp³-hybridized carbons (Fsp3) is 0.814. The lowest BCUT2D eigenvalue weighted by Gasteiger charge is -2.31. The molecule has 0 spiro atoms. The van der Waals surface area contributed by atoms with Gasteiger partial charge >= 0.3 is 0 Å². The third kappa shape index (κ3) is 33.7. The largest absolute Gasteiger partial charge is 0.0882 e. The lowest BCUT2D eigenvalue weighted by Crippen LogP contribution is -2.20. The van der Waals surface area contributed by atoms with Crippen molar-refractivity contribution in [2.75, 3.05) is 0 Å². The fourth-order valence-corrected chi connectivity index (χ4v) is 6.12. The summed E-state index contributed by atoms with van der Waals surface area (Å²) in [6.45, 7) is 12.0. The first kappa shape index (κ1) is 42.0. The standard InChI is InChI=1S/C43H80/c1-6-8-10-12-14-16-18-20-22-24-26-28-30-32-34-36-38-40-42(43(3,4)5)41-39-37-35-33-31-29-27-25-23-21-19-17-15-13-11-9-7-2/h16-19,22-25,42H,6-15,20-21,26-41H2,1-5H3/b18-16-,19-17-,24-22-,25-23-. The minimum atomic E-state index is 0.465. The zero-order valence-corrected chi connectivity index (χ0v) is 30.5. The average Bonchev–Trinajstić information content (AvgIpc) is 2.98. The van der Waals surface area contributed by atoms with E-state index in [0.717, 1.165) is 18.8 Å². The van der Waals surface area contributed by atoms with Gasteiger partial charge in [0, 0.05) is 0 Å². The van der Waals surface area contributed by atoms with Gasteiger partial charge in [-0.25, -0.2) is 0 Å². The van der Waals surface area contributed by atoms with Gasteiger partial charge in [-0.3, -0.25) is 0 Å². The number of allylic oxidation sites excluding steroid dienone is 8. The van der Waals surface area contributed by atoms with E-state index in [1.165, 1.54) is 167 Å². The van der Waals surface area contributed by atoms with E-state index in [4.69, 9.17) is 0 Å². The molecule has 0 aromatic heterocycles. The molecule has 0 aromatic carbocycles. The van der Waals surface area contributed by atoms with Crippen LogP contribution >= 0.6 is 0 Å². The summed E-state index contributed by atoms with van der Waals surface area (Å²) in [6.07, 6.45) is 57.2. The van der Waals surface area contributed by atoms with Crippen LogP contribution in [0.4, 0.5) is 0 Å². The van der Waals surface area contributed by atoms with Gasteiger partial charge in [0.2, 0.25) is 0 Å². The summed E-state index contributed by atoms with van der Waals surface area (Å²) in [7, 11) is 0. The van der Waals surface area contributed by atoms with Crippen molar-refractivity contribution in [3.63, 3.8) is 0 Å². The third-order valence-electron chi connectivity index (χ3n) is 9.23. The van der Waals surface area contributed by atoms with Crippen LogP contribution in [0.15, 0.2) is 48.6 Å². The van der Waals surface area contributed by atoms with Gasteiger partial charge < -0.3 is 0 Å². The van der Waals surface area contributed by atoms with Crippen LogP contribution in [0.3, 0.4) is 0 Å². The number of unbranched alkanes of at least 4 members (excludes halogenated alkanes) is 20. The Bertz CT molecular complexity index is 589. The van der Waals surface area contributed by atoms with Crippen molar-refractivity contribution in [2.45, 2.75) is 214 Å². The van der Waals surface area contributed by atoms with Crippen molar-refractivity contribution in [1.29, 1.82) is 0 Å². The average molecular weight is 597 g/mol. The maximum absolute atomic E-state index is 2.48. The molecule has 0 aromatic rings. The summed E-state index contributed by atoms with van der Waals surface area (Å²) < 4.78 is 0. The number of rotatable bonds is 32. The highest BCUT2D eigenvalue weighted by Gasteiger charge is 2.23. The van der Waals surface area contributed by atoms with Crippen LogP contribution < -0.4 is 0 Å². The van der Waals surface area contributed by atoms with E-state index in [0.29, 0.717) is 5.41 Å². The second-order valence-corrected chi connectivity index (χ2v) is 14.5. The predicted octanol–water partition coefficient (Wildman–Crippen LogP) is 15.8. The first-order chi connectivity index (χ1) is 21.0. The Morgan fingerprint density at radius 3 is 0.930 bits per heavy atom. The fourth-order valence-electron chi connectivity index (χ4n) is 6.12. The van der Waals surface area contributed by atoms with Gasteiger partial charge in [0.25, 0.3) is 0 Å². The zero-order valence-electron chi connectivity index (χ0n) is 30.5. The van der Waals surface area contributed by atoms with E-state index >= 15 is 0 Å². The number of hydrogen-bond donors (Lipinski definition) is 0. The van der Waals surface area contributed by atoms with Crippen LogP contribution in [-0.2, 0) is 0 Å². The summed E-state index contributed by atoms with van der Waals surface area (Å²) in [5.41, 5.74) is 0.465. The van der Waals surface area contributed by atoms with Crippen molar-refractivity contribution in [1.82, 2.24) is 0 Å². The van der Waals surface area contributed by atoms with Crippen LogP contribution in [0, 0.1) is 11.3 Å². The molecule has 0 aliphatic rings. The Morgan fingerprint density at radius 2 is 0.628 bits per heavy atom. The molecule has 0 N–H and O–H groups in total. The van der Waals surface area contributed by atoms with Gasteiger partial charge in [-0.1, -0.05) is 186 Å². The highest BCUT2D eigenvalue weighted by molar-refractivity contribution is 4.93. The molecule has 252 valence electrons. The lowest BCUT2D eigenvalue weighted by molar-refractivity contribution is 0.201. The minimum absolute atomic E-state index is 0.465. The van der Waals surface area contributed by atoms with E-state index in [1.807, 2.05) is 0 Å². The highest BCUT2D eigenvalue weighted by Crippen LogP contribution is 2.34. The molecule has 0 radical (unpaired) electrons. The molecule has 0 nitrogen and oxygen atoms in total. The molecule has 0 heteroatoms. The van der Waals surface area contributed by atoms with E-state index in [-0.39, 0.29) is 0 Å². The Labute approximate surface area is 273 Å². The quantitative estimate of drug-likeness (QED) is 0.0535. The molecular weight excluding hydrogens is 516 g/mol. The molecule has 0 atom stereocenters. The maximum Gasteiger partial charge on any atom is -0.0169 e. The smallest absolute Gasteiger partial charge is 0.0169 e. The van der Waals surface area contributed by atoms with E-state index < -0.39 is 0 Å². The SMILES string of the molecule is CCCCCC/C=C\C/C=C\CCCCCCCCC(CCCCCCCC/C=C\C/C=C\CCCCCC)C(C)(C)C. The van der Waals surface area contributed by atoms with Gasteiger partial charge in [0.05, 0.1) is 0 Å². The van der Waals surface area contributed by atoms with Crippen LogP contribution in [0.25, 0.3) is 0 Å². The molecule has 0 aliphatic heterocycles. The summed E-state index contributed by atoms with van der Waals surface area (Å²) in [4.78, 5) is 0. The van der Waals surface area contributed by atoms with Crippen LogP contribution in [-0.4, -0.2) is 0 Å². The normalized spacial score (nSPS) is 12.9. The van der Waals surface area contributed by atoms with Gasteiger partial charge in [-0.2, -0.15) is 0 Å². The Kier molecular flexibility index (Phi) is 33.0. The summed E-state index contributed by atoms with van der Waals surface area (Å²) in [5, 5.41) is 0. The summed E-state index contributed by atoms with van der Waals surface area (Å²) in [5.74, 6) is 0.901. The monoisotopic (exact) mass is 597 g/mol. The van der Waals surface area contributed by atoms with Gasteiger partial charge in [-0.05, 0) is 88.4 Å².